The fraction of sp³-hybridized carbons (Fsp3) is 0.469. The van der Waals surface area contributed by atoms with E-state index in [9.17, 15) is 19.2 Å². The fourth-order valence-electron chi connectivity index (χ4n) is 6.70. The molecule has 1 aromatic heterocycles. The summed E-state index contributed by atoms with van der Waals surface area (Å²) in [6, 6.07) is 10.5. The van der Waals surface area contributed by atoms with Crippen molar-refractivity contribution in [1.29, 1.82) is 0 Å². The molecule has 0 saturated carbocycles. The molecule has 2 aromatic carbocycles. The topological polar surface area (TPSA) is 110 Å². The molecule has 0 aliphatic carbocycles. The van der Waals surface area contributed by atoms with Crippen molar-refractivity contribution in [2.75, 3.05) is 31.1 Å². The first-order valence-corrected chi connectivity index (χ1v) is 15.3. The van der Waals surface area contributed by atoms with Gasteiger partial charge in [-0.15, -0.1) is 0 Å². The molecule has 0 bridgehead atoms. The lowest BCUT2D eigenvalue weighted by Gasteiger charge is -2.36. The number of likely N-dealkylation sites (tertiary alicyclic amines) is 1. The van der Waals surface area contributed by atoms with Crippen LogP contribution in [0.3, 0.4) is 0 Å². The number of para-hydroxylation sites is 1. The molecule has 0 spiro atoms. The number of aromatic nitrogens is 2. The van der Waals surface area contributed by atoms with Crippen LogP contribution in [0.4, 0.5) is 10.5 Å². The van der Waals surface area contributed by atoms with Crippen LogP contribution < -0.4 is 4.90 Å². The van der Waals surface area contributed by atoms with Crippen LogP contribution in [0.1, 0.15) is 51.2 Å². The lowest BCUT2D eigenvalue weighted by Crippen LogP contribution is -2.50. The van der Waals surface area contributed by atoms with Gasteiger partial charge >= 0.3 is 6.03 Å². The molecule has 1 atom stereocenters. The Kier molecular flexibility index (Phi) is 7.66. The third kappa shape index (κ3) is 5.72. The van der Waals surface area contributed by atoms with Gasteiger partial charge in [0.1, 0.15) is 6.54 Å². The van der Waals surface area contributed by atoms with Gasteiger partial charge in [-0.25, -0.2) is 4.79 Å². The molecule has 226 valence electrons. The Hall–Kier alpha value is -3.92. The summed E-state index contributed by atoms with van der Waals surface area (Å²) in [5.41, 5.74) is 3.31. The highest BCUT2D eigenvalue weighted by atomic mass is 35.5. The Morgan fingerprint density at radius 1 is 1.07 bits per heavy atom. The van der Waals surface area contributed by atoms with E-state index in [1.54, 1.807) is 11.1 Å². The number of nitrogens with one attached hydrogen (secondary N) is 1. The molecule has 2 fully saturated rings. The number of H-pyrrole nitrogens is 1. The minimum atomic E-state index is -0.518. The number of piperidine rings is 1. The molecule has 43 heavy (non-hydrogen) atoms. The Bertz CT molecular complexity index is 1570. The van der Waals surface area contributed by atoms with Crippen LogP contribution in [-0.4, -0.2) is 80.9 Å². The second-order valence-corrected chi connectivity index (χ2v) is 13.5. The van der Waals surface area contributed by atoms with Gasteiger partial charge in [-0.3, -0.25) is 29.3 Å². The number of aromatic amines is 1. The molecule has 5 amide bonds. The molecule has 1 N–H and O–H groups in total. The van der Waals surface area contributed by atoms with Crippen molar-refractivity contribution in [3.05, 3.63) is 58.7 Å². The Morgan fingerprint density at radius 2 is 1.79 bits per heavy atom. The number of nitrogens with zero attached hydrogens (tertiary/aromatic N) is 5. The van der Waals surface area contributed by atoms with E-state index in [0.717, 1.165) is 22.0 Å². The highest BCUT2D eigenvalue weighted by Gasteiger charge is 2.43. The number of imide groups is 1. The lowest BCUT2D eigenvalue weighted by molar-refractivity contribution is -0.143. The van der Waals surface area contributed by atoms with Crippen molar-refractivity contribution in [2.24, 2.45) is 11.3 Å². The zero-order valence-electron chi connectivity index (χ0n) is 24.8. The van der Waals surface area contributed by atoms with Crippen molar-refractivity contribution in [2.45, 2.75) is 59.0 Å². The van der Waals surface area contributed by atoms with Gasteiger partial charge in [0.15, 0.2) is 0 Å². The van der Waals surface area contributed by atoms with Gasteiger partial charge in [-0.1, -0.05) is 50.6 Å². The molecular formula is C32H37ClN6O4. The molecule has 2 saturated heterocycles. The van der Waals surface area contributed by atoms with Gasteiger partial charge in [0, 0.05) is 49.7 Å². The summed E-state index contributed by atoms with van der Waals surface area (Å²) in [4.78, 5) is 60.1. The number of carbonyl (C=O) groups is 4. The second-order valence-electron chi connectivity index (χ2n) is 13.1. The molecule has 11 heteroatoms. The zero-order chi connectivity index (χ0) is 30.5. The minimum absolute atomic E-state index is 0.0213. The summed E-state index contributed by atoms with van der Waals surface area (Å²) in [6.07, 6.45) is 3.29. The second kappa shape index (κ2) is 11.3. The monoisotopic (exact) mass is 604 g/mol. The molecular weight excluding hydrogens is 568 g/mol. The highest BCUT2D eigenvalue weighted by Crippen LogP contribution is 2.35. The van der Waals surface area contributed by atoms with Crippen molar-refractivity contribution < 1.29 is 19.2 Å². The normalized spacial score (nSPS) is 20.3. The van der Waals surface area contributed by atoms with E-state index < -0.39 is 5.92 Å². The zero-order valence-corrected chi connectivity index (χ0v) is 25.6. The van der Waals surface area contributed by atoms with Gasteiger partial charge in [0.2, 0.25) is 11.8 Å². The number of hydrogen-bond acceptors (Lipinski definition) is 5. The lowest BCUT2D eigenvalue weighted by atomic mass is 9.91. The Morgan fingerprint density at radius 3 is 2.49 bits per heavy atom. The van der Waals surface area contributed by atoms with E-state index in [2.05, 4.69) is 31.0 Å². The predicted molar refractivity (Wildman–Crippen MR) is 163 cm³/mol. The van der Waals surface area contributed by atoms with Gasteiger partial charge in [0.25, 0.3) is 5.91 Å². The van der Waals surface area contributed by atoms with Crippen LogP contribution >= 0.6 is 11.6 Å². The summed E-state index contributed by atoms with van der Waals surface area (Å²) in [5, 5.41) is 8.61. The first kappa shape index (κ1) is 29.2. The van der Waals surface area contributed by atoms with Crippen LogP contribution in [-0.2, 0) is 27.3 Å². The SMILES string of the molecule is CC(C)(C)CN1Cc2c(cc(Cl)c3[nH]ncc23)CC(CC(=O)N2CCC(N3C(=O)CN(c4ccccc4)C3=O)CC2)C1=O. The number of hydrogen-bond donors (Lipinski definition) is 1. The largest absolute Gasteiger partial charge is 0.343 e. The highest BCUT2D eigenvalue weighted by molar-refractivity contribution is 6.35. The van der Waals surface area contributed by atoms with Crippen LogP contribution in [0.15, 0.2) is 42.6 Å². The van der Waals surface area contributed by atoms with Gasteiger partial charge in [-0.05, 0) is 54.0 Å². The summed E-state index contributed by atoms with van der Waals surface area (Å²) < 4.78 is 0. The maximum Gasteiger partial charge on any atom is 0.331 e. The smallest absolute Gasteiger partial charge is 0.331 e. The molecule has 1 unspecified atom stereocenters. The molecule has 10 nitrogen and oxygen atoms in total. The third-order valence-electron chi connectivity index (χ3n) is 8.70. The quantitative estimate of drug-likeness (QED) is 0.428. The standard InChI is InChI=1S/C32H37ClN6O4/c1-32(2,3)19-37-17-25-20(14-26(33)29-24(25)16-34-35-29)13-21(30(37)42)15-27(40)36-11-9-23(10-12-36)39-28(41)18-38(31(39)43)22-7-5-4-6-8-22/h4-8,14,16,21,23H,9-13,15,17-19H2,1-3H3,(H,34,35). The van der Waals surface area contributed by atoms with Crippen molar-refractivity contribution in [3.8, 4) is 0 Å². The number of amides is 5. The van der Waals surface area contributed by atoms with E-state index in [-0.39, 0.29) is 48.2 Å². The van der Waals surface area contributed by atoms with Crippen LogP contribution in [0, 0.1) is 11.3 Å². The van der Waals surface area contributed by atoms with Crippen molar-refractivity contribution >= 4 is 51.9 Å². The number of anilines is 1. The van der Waals surface area contributed by atoms with Crippen LogP contribution in [0.2, 0.25) is 5.02 Å². The van der Waals surface area contributed by atoms with Crippen molar-refractivity contribution in [3.63, 3.8) is 0 Å². The molecule has 0 radical (unpaired) electrons. The number of urea groups is 1. The van der Waals surface area contributed by atoms with E-state index in [1.165, 1.54) is 9.80 Å². The molecule has 4 heterocycles. The molecule has 3 aliphatic heterocycles. The minimum Gasteiger partial charge on any atom is -0.343 e. The molecule has 3 aromatic rings. The maximum absolute atomic E-state index is 13.9. The number of rotatable bonds is 5. The summed E-state index contributed by atoms with van der Waals surface area (Å²) in [6.45, 7) is 8.16. The first-order chi connectivity index (χ1) is 20.5. The van der Waals surface area contributed by atoms with Gasteiger partial charge < -0.3 is 9.80 Å². The van der Waals surface area contributed by atoms with Gasteiger partial charge in [-0.2, -0.15) is 5.10 Å². The average molecular weight is 605 g/mol. The Labute approximate surface area is 255 Å². The average Bonchev–Trinajstić information content (AvgIpc) is 3.55. The van der Waals surface area contributed by atoms with Crippen molar-refractivity contribution in [1.82, 2.24) is 24.9 Å². The van der Waals surface area contributed by atoms with Crippen LogP contribution in [0.25, 0.3) is 10.9 Å². The number of halogens is 1. The molecule has 3 aliphatic rings. The van der Waals surface area contributed by atoms with Crippen LogP contribution in [0.5, 0.6) is 0 Å². The van der Waals surface area contributed by atoms with E-state index >= 15 is 0 Å². The Balaban J connectivity index is 1.15. The first-order valence-electron chi connectivity index (χ1n) is 14.9. The predicted octanol–water partition coefficient (Wildman–Crippen LogP) is 4.61. The fourth-order valence-corrected chi connectivity index (χ4v) is 6.97. The number of fused-ring (bicyclic) bond motifs is 3. The summed E-state index contributed by atoms with van der Waals surface area (Å²) in [7, 11) is 0. The summed E-state index contributed by atoms with van der Waals surface area (Å²) >= 11 is 6.58. The van der Waals surface area contributed by atoms with E-state index in [4.69, 9.17) is 11.6 Å². The van der Waals surface area contributed by atoms with E-state index in [1.807, 2.05) is 41.3 Å². The van der Waals surface area contributed by atoms with Gasteiger partial charge in [0.05, 0.1) is 22.7 Å². The van der Waals surface area contributed by atoms with E-state index in [0.29, 0.717) is 56.2 Å². The summed E-state index contributed by atoms with van der Waals surface area (Å²) in [5.74, 6) is -0.853. The number of benzene rings is 2. The third-order valence-corrected chi connectivity index (χ3v) is 9.00. The maximum atomic E-state index is 13.9. The molecule has 6 rings (SSSR count). The number of carbonyl (C=O) groups excluding carboxylic acids is 4.